The van der Waals surface area contributed by atoms with Crippen molar-refractivity contribution in [3.05, 3.63) is 30.5 Å². The lowest BCUT2D eigenvalue weighted by atomic mass is 10.00. The number of nitrogens with zero attached hydrogens (tertiary/aromatic N) is 4. The lowest BCUT2D eigenvalue weighted by Crippen LogP contribution is -2.44. The fraction of sp³-hybridized carbons (Fsp3) is 0.565. The lowest BCUT2D eigenvalue weighted by molar-refractivity contribution is -0.135. The maximum absolute atomic E-state index is 13.1. The first-order chi connectivity index (χ1) is 14.7. The van der Waals surface area contributed by atoms with Crippen LogP contribution in [0.4, 0.5) is 5.82 Å². The van der Waals surface area contributed by atoms with Crippen LogP contribution >= 0.6 is 0 Å². The van der Waals surface area contributed by atoms with Gasteiger partial charge in [0.25, 0.3) is 0 Å². The highest BCUT2D eigenvalue weighted by Crippen LogP contribution is 2.31. The van der Waals surface area contributed by atoms with Crippen LogP contribution in [0.2, 0.25) is 0 Å². The third kappa shape index (κ3) is 4.46. The van der Waals surface area contributed by atoms with Gasteiger partial charge in [-0.3, -0.25) is 9.48 Å². The normalized spacial score (nSPS) is 19.7. The number of piperidine rings is 1. The Morgan fingerprint density at radius 1 is 1.17 bits per heavy atom. The van der Waals surface area contributed by atoms with E-state index < -0.39 is 0 Å². The van der Waals surface area contributed by atoms with Gasteiger partial charge in [0.15, 0.2) is 5.82 Å². The van der Waals surface area contributed by atoms with Crippen molar-refractivity contribution in [2.75, 3.05) is 44.9 Å². The second-order valence-corrected chi connectivity index (χ2v) is 8.04. The van der Waals surface area contributed by atoms with Gasteiger partial charge in [-0.15, -0.1) is 0 Å². The van der Waals surface area contributed by atoms with Gasteiger partial charge in [0, 0.05) is 37.4 Å². The molecule has 1 amide bonds. The van der Waals surface area contributed by atoms with Crippen molar-refractivity contribution in [2.45, 2.75) is 45.2 Å². The third-order valence-electron chi connectivity index (χ3n) is 6.17. The SMILES string of the molecule is CCC1CCCCN1C(=O)Cn1cc(-c2ccc(OC)cc2)c(N2CCOCC2)n1. The molecule has 3 heterocycles. The second kappa shape index (κ2) is 9.51. The van der Waals surface area contributed by atoms with Gasteiger partial charge in [-0.2, -0.15) is 5.10 Å². The molecule has 0 saturated carbocycles. The predicted octanol–water partition coefficient (Wildman–Crippen LogP) is 3.19. The fourth-order valence-corrected chi connectivity index (χ4v) is 4.46. The molecule has 1 atom stereocenters. The summed E-state index contributed by atoms with van der Waals surface area (Å²) in [5.41, 5.74) is 2.11. The van der Waals surface area contributed by atoms with E-state index in [0.717, 1.165) is 61.6 Å². The number of aromatic nitrogens is 2. The Hall–Kier alpha value is -2.54. The van der Waals surface area contributed by atoms with Gasteiger partial charge in [0.05, 0.1) is 20.3 Å². The van der Waals surface area contributed by atoms with Gasteiger partial charge < -0.3 is 19.3 Å². The highest BCUT2D eigenvalue weighted by molar-refractivity contribution is 5.79. The van der Waals surface area contributed by atoms with Crippen LogP contribution in [-0.4, -0.2) is 66.6 Å². The van der Waals surface area contributed by atoms with Crippen molar-refractivity contribution in [3.8, 4) is 16.9 Å². The number of likely N-dealkylation sites (tertiary alicyclic amines) is 1. The van der Waals surface area contributed by atoms with E-state index in [2.05, 4.69) is 16.7 Å². The number of hydrogen-bond donors (Lipinski definition) is 0. The first-order valence-corrected chi connectivity index (χ1v) is 11.0. The molecule has 0 aliphatic carbocycles. The molecule has 0 N–H and O–H groups in total. The van der Waals surface area contributed by atoms with Crippen LogP contribution in [0.15, 0.2) is 30.5 Å². The van der Waals surface area contributed by atoms with Crippen LogP contribution in [0, 0.1) is 0 Å². The molecule has 2 aromatic rings. The maximum atomic E-state index is 13.1. The van der Waals surface area contributed by atoms with Crippen molar-refractivity contribution in [2.24, 2.45) is 0 Å². The molecule has 1 aromatic heterocycles. The Morgan fingerprint density at radius 2 is 1.93 bits per heavy atom. The molecule has 30 heavy (non-hydrogen) atoms. The summed E-state index contributed by atoms with van der Waals surface area (Å²) in [6.07, 6.45) is 6.44. The minimum absolute atomic E-state index is 0.166. The maximum Gasteiger partial charge on any atom is 0.244 e. The summed E-state index contributed by atoms with van der Waals surface area (Å²) in [4.78, 5) is 17.4. The summed E-state index contributed by atoms with van der Waals surface area (Å²) in [6, 6.07) is 8.37. The van der Waals surface area contributed by atoms with Gasteiger partial charge in [-0.1, -0.05) is 19.1 Å². The van der Waals surface area contributed by atoms with E-state index in [9.17, 15) is 4.79 Å². The number of amides is 1. The smallest absolute Gasteiger partial charge is 0.244 e. The van der Waals surface area contributed by atoms with Gasteiger partial charge in [-0.05, 0) is 43.4 Å². The highest BCUT2D eigenvalue weighted by atomic mass is 16.5. The topological polar surface area (TPSA) is 59.8 Å². The molecule has 1 aromatic carbocycles. The standard InChI is InChI=1S/C23H32N4O3/c1-3-19-6-4-5-11-27(19)22(28)17-26-16-21(18-7-9-20(29-2)10-8-18)23(24-26)25-12-14-30-15-13-25/h7-10,16,19H,3-6,11-15,17H2,1-2H3. The lowest BCUT2D eigenvalue weighted by Gasteiger charge is -2.35. The highest BCUT2D eigenvalue weighted by Gasteiger charge is 2.26. The fourth-order valence-electron chi connectivity index (χ4n) is 4.46. The van der Waals surface area contributed by atoms with Crippen LogP contribution in [-0.2, 0) is 16.1 Å². The second-order valence-electron chi connectivity index (χ2n) is 8.04. The van der Waals surface area contributed by atoms with Crippen molar-refractivity contribution in [3.63, 3.8) is 0 Å². The zero-order valence-corrected chi connectivity index (χ0v) is 18.0. The van der Waals surface area contributed by atoms with Crippen LogP contribution in [0.25, 0.3) is 11.1 Å². The van der Waals surface area contributed by atoms with E-state index >= 15 is 0 Å². The molecule has 2 saturated heterocycles. The van der Waals surface area contributed by atoms with Gasteiger partial charge in [-0.25, -0.2) is 0 Å². The zero-order valence-electron chi connectivity index (χ0n) is 18.0. The molecule has 2 fully saturated rings. The molecule has 2 aliphatic rings. The van der Waals surface area contributed by atoms with Crippen LogP contribution < -0.4 is 9.64 Å². The minimum Gasteiger partial charge on any atom is -0.497 e. The summed E-state index contributed by atoms with van der Waals surface area (Å²) in [6.45, 7) is 6.31. The van der Waals surface area contributed by atoms with E-state index in [-0.39, 0.29) is 12.5 Å². The molecule has 0 bridgehead atoms. The number of hydrogen-bond acceptors (Lipinski definition) is 5. The molecule has 7 heteroatoms. The van der Waals surface area contributed by atoms with E-state index in [1.54, 1.807) is 7.11 Å². The number of ether oxygens (including phenoxy) is 2. The molecule has 0 radical (unpaired) electrons. The first kappa shape index (κ1) is 20.7. The molecule has 1 unspecified atom stereocenters. The Labute approximate surface area is 178 Å². The molecule has 2 aliphatic heterocycles. The van der Waals surface area contributed by atoms with Crippen molar-refractivity contribution >= 4 is 11.7 Å². The monoisotopic (exact) mass is 412 g/mol. The Bertz CT molecular complexity index is 843. The molecule has 4 rings (SSSR count). The van der Waals surface area contributed by atoms with Crippen molar-refractivity contribution in [1.82, 2.24) is 14.7 Å². The summed E-state index contributed by atoms with van der Waals surface area (Å²) >= 11 is 0. The van der Waals surface area contributed by atoms with Crippen molar-refractivity contribution in [1.29, 1.82) is 0 Å². The van der Waals surface area contributed by atoms with Crippen LogP contribution in [0.1, 0.15) is 32.6 Å². The quantitative estimate of drug-likeness (QED) is 0.729. The van der Waals surface area contributed by atoms with E-state index in [0.29, 0.717) is 19.3 Å². The van der Waals surface area contributed by atoms with E-state index in [1.807, 2.05) is 35.1 Å². The van der Waals surface area contributed by atoms with E-state index in [4.69, 9.17) is 14.6 Å². The van der Waals surface area contributed by atoms with Crippen LogP contribution in [0.3, 0.4) is 0 Å². The number of carbonyl (C=O) groups excluding carboxylic acids is 1. The molecular weight excluding hydrogens is 380 g/mol. The average molecular weight is 413 g/mol. The van der Waals surface area contributed by atoms with Gasteiger partial charge >= 0.3 is 0 Å². The molecule has 162 valence electrons. The van der Waals surface area contributed by atoms with Crippen molar-refractivity contribution < 1.29 is 14.3 Å². The Kier molecular flexibility index (Phi) is 6.57. The number of benzene rings is 1. The van der Waals surface area contributed by atoms with Crippen LogP contribution in [0.5, 0.6) is 5.75 Å². The summed E-state index contributed by atoms with van der Waals surface area (Å²) in [5, 5.41) is 4.85. The average Bonchev–Trinajstić information content (AvgIpc) is 3.23. The van der Waals surface area contributed by atoms with Gasteiger partial charge in [0.1, 0.15) is 12.3 Å². The number of rotatable bonds is 6. The summed E-state index contributed by atoms with van der Waals surface area (Å²) in [5.74, 6) is 1.91. The van der Waals surface area contributed by atoms with Gasteiger partial charge in [0.2, 0.25) is 5.91 Å². The number of anilines is 1. The zero-order chi connectivity index (χ0) is 20.9. The first-order valence-electron chi connectivity index (χ1n) is 11.0. The summed E-state index contributed by atoms with van der Waals surface area (Å²) in [7, 11) is 1.67. The number of carbonyl (C=O) groups is 1. The summed E-state index contributed by atoms with van der Waals surface area (Å²) < 4.78 is 12.6. The Morgan fingerprint density at radius 3 is 2.63 bits per heavy atom. The number of morpholine rings is 1. The number of methoxy groups -OCH3 is 1. The third-order valence-corrected chi connectivity index (χ3v) is 6.17. The Balaban J connectivity index is 1.60. The predicted molar refractivity (Wildman–Crippen MR) is 117 cm³/mol. The minimum atomic E-state index is 0.166. The molecule has 7 nitrogen and oxygen atoms in total. The molecule has 0 spiro atoms. The van der Waals surface area contributed by atoms with E-state index in [1.165, 1.54) is 6.42 Å². The molecular formula is C23H32N4O3. The largest absolute Gasteiger partial charge is 0.497 e.